The Bertz CT molecular complexity index is 1690. The van der Waals surface area contributed by atoms with E-state index in [9.17, 15) is 9.59 Å². The highest BCUT2D eigenvalue weighted by atomic mass is 16.5. The number of para-hydroxylation sites is 2. The molecule has 4 aromatic rings. The number of hydrogen-bond acceptors (Lipinski definition) is 5. The third-order valence-corrected chi connectivity index (χ3v) is 11.0. The SMILES string of the molecule is Cc1nc2ccccc2n1C1CC2CCC(C1)N2CCC1(c2ccccc2)CCN(C(=O)c2ccccc2C(=O)OC(C)C)CC1. The van der Waals surface area contributed by atoms with Crippen LogP contribution in [0.25, 0.3) is 11.0 Å². The Morgan fingerprint density at radius 1 is 0.848 bits per heavy atom. The Hall–Kier alpha value is -3.97. The lowest BCUT2D eigenvalue weighted by Crippen LogP contribution is -2.49. The molecule has 240 valence electrons. The fourth-order valence-electron chi connectivity index (χ4n) is 8.70. The van der Waals surface area contributed by atoms with Crippen molar-refractivity contribution in [2.45, 2.75) is 95.4 Å². The Kier molecular flexibility index (Phi) is 8.45. The molecule has 0 aliphatic carbocycles. The van der Waals surface area contributed by atoms with Gasteiger partial charge in [-0.05, 0) is 108 Å². The zero-order valence-electron chi connectivity index (χ0n) is 27.4. The van der Waals surface area contributed by atoms with Crippen LogP contribution in [-0.2, 0) is 10.2 Å². The average molecular weight is 619 g/mol. The molecule has 1 amide bonds. The number of likely N-dealkylation sites (tertiary alicyclic amines) is 1. The maximum atomic E-state index is 13.8. The van der Waals surface area contributed by atoms with E-state index in [1.54, 1.807) is 18.2 Å². The van der Waals surface area contributed by atoms with Gasteiger partial charge in [-0.1, -0.05) is 54.6 Å². The van der Waals surface area contributed by atoms with Crippen LogP contribution < -0.4 is 0 Å². The third-order valence-electron chi connectivity index (χ3n) is 11.0. The number of aryl methyl sites for hydroxylation is 1. The van der Waals surface area contributed by atoms with Gasteiger partial charge in [0.05, 0.1) is 28.3 Å². The second-order valence-electron chi connectivity index (χ2n) is 14.0. The van der Waals surface area contributed by atoms with E-state index in [0.29, 0.717) is 42.3 Å². The van der Waals surface area contributed by atoms with Gasteiger partial charge in [0.25, 0.3) is 5.91 Å². The Morgan fingerprint density at radius 2 is 1.48 bits per heavy atom. The van der Waals surface area contributed by atoms with Crippen LogP contribution in [0.3, 0.4) is 0 Å². The van der Waals surface area contributed by atoms with Gasteiger partial charge in [-0.3, -0.25) is 9.69 Å². The van der Waals surface area contributed by atoms with Crippen LogP contribution in [0.2, 0.25) is 0 Å². The molecule has 7 heteroatoms. The topological polar surface area (TPSA) is 67.7 Å². The van der Waals surface area contributed by atoms with Crippen LogP contribution in [0.15, 0.2) is 78.9 Å². The van der Waals surface area contributed by atoms with Crippen molar-refractivity contribution in [1.82, 2.24) is 19.4 Å². The number of piperidine rings is 2. The zero-order valence-corrected chi connectivity index (χ0v) is 27.4. The molecular weight excluding hydrogens is 572 g/mol. The standard InChI is InChI=1S/C39H46N4O3/c1-27(2)46-38(45)34-14-8-7-13-33(34)37(44)41-22-19-39(20-23-41,29-11-5-4-6-12-29)21-24-42-30-17-18-31(42)26-32(25-30)43-28(3)40-35-15-9-10-16-36(35)43/h4-16,27,30-32H,17-26H2,1-3H3. The molecule has 3 fully saturated rings. The zero-order chi connectivity index (χ0) is 31.8. The average Bonchev–Trinajstić information content (AvgIpc) is 3.53. The maximum Gasteiger partial charge on any atom is 0.339 e. The second kappa shape index (κ2) is 12.7. The van der Waals surface area contributed by atoms with Crippen LogP contribution in [0.5, 0.6) is 0 Å². The van der Waals surface area contributed by atoms with Gasteiger partial charge in [0.2, 0.25) is 0 Å². The van der Waals surface area contributed by atoms with E-state index in [4.69, 9.17) is 9.72 Å². The van der Waals surface area contributed by atoms with Crippen molar-refractivity contribution in [2.75, 3.05) is 19.6 Å². The highest BCUT2D eigenvalue weighted by Gasteiger charge is 2.44. The minimum Gasteiger partial charge on any atom is -0.459 e. The van der Waals surface area contributed by atoms with E-state index >= 15 is 0 Å². The van der Waals surface area contributed by atoms with E-state index in [0.717, 1.165) is 37.1 Å². The van der Waals surface area contributed by atoms with E-state index in [-0.39, 0.29) is 17.4 Å². The molecule has 1 aromatic heterocycles. The lowest BCUT2D eigenvalue weighted by Gasteiger charge is -2.45. The van der Waals surface area contributed by atoms with Crippen molar-refractivity contribution in [3.05, 3.63) is 101 Å². The van der Waals surface area contributed by atoms with Gasteiger partial charge >= 0.3 is 5.97 Å². The predicted molar refractivity (Wildman–Crippen MR) is 181 cm³/mol. The first-order valence-corrected chi connectivity index (χ1v) is 17.2. The molecule has 4 heterocycles. The van der Waals surface area contributed by atoms with Gasteiger partial charge < -0.3 is 14.2 Å². The Morgan fingerprint density at radius 3 is 2.17 bits per heavy atom. The van der Waals surface area contributed by atoms with Crippen molar-refractivity contribution >= 4 is 22.9 Å². The molecule has 3 aromatic carbocycles. The third kappa shape index (κ3) is 5.74. The summed E-state index contributed by atoms with van der Waals surface area (Å²) in [5.74, 6) is 0.604. The summed E-state index contributed by atoms with van der Waals surface area (Å²) in [6.45, 7) is 8.23. The summed E-state index contributed by atoms with van der Waals surface area (Å²) < 4.78 is 7.96. The number of aromatic nitrogens is 2. The molecule has 0 N–H and O–H groups in total. The molecule has 3 aliphatic heterocycles. The van der Waals surface area contributed by atoms with Crippen LogP contribution in [0.4, 0.5) is 0 Å². The number of esters is 1. The number of carbonyl (C=O) groups excluding carboxylic acids is 2. The number of benzene rings is 3. The summed E-state index contributed by atoms with van der Waals surface area (Å²) in [7, 11) is 0. The molecule has 2 unspecified atom stereocenters. The lowest BCUT2D eigenvalue weighted by molar-refractivity contribution is 0.0370. The first-order chi connectivity index (χ1) is 22.3. The van der Waals surface area contributed by atoms with Crippen LogP contribution >= 0.6 is 0 Å². The predicted octanol–water partition coefficient (Wildman–Crippen LogP) is 7.34. The summed E-state index contributed by atoms with van der Waals surface area (Å²) in [4.78, 5) is 36.2. The molecule has 7 rings (SSSR count). The van der Waals surface area contributed by atoms with Gasteiger partial charge in [-0.25, -0.2) is 9.78 Å². The van der Waals surface area contributed by atoms with Crippen LogP contribution in [-0.4, -0.2) is 69.0 Å². The first kappa shape index (κ1) is 30.7. The molecule has 2 bridgehead atoms. The van der Waals surface area contributed by atoms with Crippen molar-refractivity contribution in [1.29, 1.82) is 0 Å². The minimum absolute atomic E-state index is 0.0154. The summed E-state index contributed by atoms with van der Waals surface area (Å²) in [6.07, 6.45) is 7.56. The number of ether oxygens (including phenoxy) is 1. The molecule has 46 heavy (non-hydrogen) atoms. The second-order valence-corrected chi connectivity index (χ2v) is 14.0. The van der Waals surface area contributed by atoms with Crippen molar-refractivity contribution in [3.63, 3.8) is 0 Å². The monoisotopic (exact) mass is 618 g/mol. The van der Waals surface area contributed by atoms with Gasteiger partial charge in [0.1, 0.15) is 5.82 Å². The Balaban J connectivity index is 1.06. The number of nitrogens with zero attached hydrogens (tertiary/aromatic N) is 4. The maximum absolute atomic E-state index is 13.8. The number of carbonyl (C=O) groups is 2. The van der Waals surface area contributed by atoms with Crippen LogP contribution in [0.1, 0.15) is 96.9 Å². The quantitative estimate of drug-likeness (QED) is 0.193. The number of rotatable bonds is 8. The van der Waals surface area contributed by atoms with Crippen molar-refractivity contribution in [2.24, 2.45) is 0 Å². The largest absolute Gasteiger partial charge is 0.459 e. The normalized spacial score (nSPS) is 22.8. The smallest absolute Gasteiger partial charge is 0.339 e. The van der Waals surface area contributed by atoms with Crippen molar-refractivity contribution in [3.8, 4) is 0 Å². The lowest BCUT2D eigenvalue weighted by atomic mass is 9.70. The fourth-order valence-corrected chi connectivity index (χ4v) is 8.70. The molecule has 3 aliphatic rings. The molecule has 0 spiro atoms. The van der Waals surface area contributed by atoms with Gasteiger partial charge in [0, 0.05) is 31.2 Å². The van der Waals surface area contributed by atoms with E-state index in [1.165, 1.54) is 36.8 Å². The fraction of sp³-hybridized carbons (Fsp3) is 0.462. The van der Waals surface area contributed by atoms with E-state index < -0.39 is 5.97 Å². The first-order valence-electron chi connectivity index (χ1n) is 17.2. The Labute approximate surface area is 272 Å². The van der Waals surface area contributed by atoms with Gasteiger partial charge in [0.15, 0.2) is 0 Å². The molecule has 7 nitrogen and oxygen atoms in total. The summed E-state index contributed by atoms with van der Waals surface area (Å²) in [6, 6.07) is 28.3. The number of hydrogen-bond donors (Lipinski definition) is 0. The molecular formula is C39H46N4O3. The molecule has 2 atom stereocenters. The highest BCUT2D eigenvalue weighted by molar-refractivity contribution is 6.05. The van der Waals surface area contributed by atoms with Crippen LogP contribution in [0, 0.1) is 6.92 Å². The van der Waals surface area contributed by atoms with Gasteiger partial charge in [-0.15, -0.1) is 0 Å². The number of fused-ring (bicyclic) bond motifs is 3. The van der Waals surface area contributed by atoms with E-state index in [2.05, 4.69) is 71.0 Å². The number of amides is 1. The minimum atomic E-state index is -0.440. The summed E-state index contributed by atoms with van der Waals surface area (Å²) >= 11 is 0. The molecule has 3 saturated heterocycles. The summed E-state index contributed by atoms with van der Waals surface area (Å²) in [5, 5.41) is 0. The molecule has 0 radical (unpaired) electrons. The summed E-state index contributed by atoms with van der Waals surface area (Å²) in [5.41, 5.74) is 4.54. The van der Waals surface area contributed by atoms with Gasteiger partial charge in [-0.2, -0.15) is 0 Å². The highest BCUT2D eigenvalue weighted by Crippen LogP contribution is 2.45. The number of imidazole rings is 1. The van der Waals surface area contributed by atoms with Crippen molar-refractivity contribution < 1.29 is 14.3 Å². The molecule has 0 saturated carbocycles. The van der Waals surface area contributed by atoms with E-state index in [1.807, 2.05) is 24.8 Å².